The Hall–Kier alpha value is -2.72. The Morgan fingerprint density at radius 1 is 1.00 bits per heavy atom. The summed E-state index contributed by atoms with van der Waals surface area (Å²) in [6.07, 6.45) is -5.03. The number of rotatable bonds is 7. The van der Waals surface area contributed by atoms with Crippen molar-refractivity contribution >= 4 is 11.6 Å². The van der Waals surface area contributed by atoms with E-state index in [-0.39, 0.29) is 5.82 Å². The van der Waals surface area contributed by atoms with Crippen LogP contribution in [0.3, 0.4) is 0 Å². The highest BCUT2D eigenvalue weighted by atomic mass is 35.5. The lowest BCUT2D eigenvalue weighted by Gasteiger charge is -2.40. The summed E-state index contributed by atoms with van der Waals surface area (Å²) in [5.74, 6) is 0.888. The Morgan fingerprint density at radius 2 is 1.76 bits per heavy atom. The molecular weight excluding hydrogens is 515 g/mol. The molecule has 4 N–H and O–H groups in total. The third-order valence-electron chi connectivity index (χ3n) is 7.10. The van der Waals surface area contributed by atoms with Crippen LogP contribution in [-0.4, -0.2) is 63.7 Å². The monoisotopic (exact) mass is 544 g/mol. The average molecular weight is 545 g/mol. The van der Waals surface area contributed by atoms with Gasteiger partial charge in [-0.1, -0.05) is 41.9 Å². The van der Waals surface area contributed by atoms with Gasteiger partial charge in [0.05, 0.1) is 6.61 Å². The van der Waals surface area contributed by atoms with E-state index in [0.29, 0.717) is 41.5 Å². The lowest BCUT2D eigenvalue weighted by Crippen LogP contribution is -2.55. The van der Waals surface area contributed by atoms with Gasteiger partial charge in [-0.3, -0.25) is 0 Å². The van der Waals surface area contributed by atoms with E-state index >= 15 is 0 Å². The zero-order chi connectivity index (χ0) is 27.0. The zero-order valence-electron chi connectivity index (χ0n) is 20.8. The van der Waals surface area contributed by atoms with Crippen LogP contribution in [0, 0.1) is 5.82 Å². The highest BCUT2D eigenvalue weighted by molar-refractivity contribution is 6.31. The molecule has 6 atom stereocenters. The first-order valence-corrected chi connectivity index (χ1v) is 12.8. The van der Waals surface area contributed by atoms with Gasteiger partial charge in [-0.25, -0.2) is 4.39 Å². The number of halogens is 2. The van der Waals surface area contributed by atoms with Gasteiger partial charge in [-0.2, -0.15) is 0 Å². The maximum atomic E-state index is 13.5. The van der Waals surface area contributed by atoms with E-state index in [1.54, 1.807) is 24.3 Å². The second kappa shape index (κ2) is 10.8. The molecular formula is C29H30ClFO7. The predicted octanol–water partition coefficient (Wildman–Crippen LogP) is 3.36. The fourth-order valence-electron chi connectivity index (χ4n) is 5.00. The van der Waals surface area contributed by atoms with Gasteiger partial charge in [-0.05, 0) is 59.9 Å². The lowest BCUT2D eigenvalue weighted by molar-refractivity contribution is -0.231. The van der Waals surface area contributed by atoms with E-state index in [0.717, 1.165) is 16.7 Å². The molecule has 2 aliphatic rings. The molecule has 7 nitrogen and oxygen atoms in total. The van der Waals surface area contributed by atoms with Crippen LogP contribution in [0.15, 0.2) is 60.7 Å². The molecule has 9 heteroatoms. The summed E-state index contributed by atoms with van der Waals surface area (Å²) >= 11 is 6.45. The van der Waals surface area contributed by atoms with Crippen molar-refractivity contribution in [1.29, 1.82) is 0 Å². The Kier molecular flexibility index (Phi) is 7.64. The maximum Gasteiger partial charge on any atom is 0.144 e. The first kappa shape index (κ1) is 26.9. The summed E-state index contributed by atoms with van der Waals surface area (Å²) in [6, 6.07) is 17.3. The van der Waals surface area contributed by atoms with Crippen molar-refractivity contribution in [3.8, 4) is 11.5 Å². The molecule has 0 saturated carbocycles. The number of fused-ring (bicyclic) bond motifs is 1. The molecule has 0 bridgehead atoms. The minimum absolute atomic E-state index is 0.301. The largest absolute Gasteiger partial charge is 0.489 e. The van der Waals surface area contributed by atoms with Crippen LogP contribution in [0.4, 0.5) is 4.39 Å². The average Bonchev–Trinajstić information content (AvgIpc) is 3.24. The van der Waals surface area contributed by atoms with Crippen molar-refractivity contribution in [1.82, 2.24) is 0 Å². The lowest BCUT2D eigenvalue weighted by atomic mass is 9.90. The Bertz CT molecular complexity index is 1280. The normalized spacial score (nSPS) is 28.6. The molecule has 0 radical (unpaired) electrons. The molecule has 0 spiro atoms. The fourth-order valence-corrected chi connectivity index (χ4v) is 5.18. The van der Waals surface area contributed by atoms with Gasteiger partial charge in [0.25, 0.3) is 0 Å². The molecule has 5 rings (SSSR count). The third kappa shape index (κ3) is 5.52. The number of ether oxygens (including phenoxy) is 3. The molecule has 2 aliphatic heterocycles. The minimum atomic E-state index is -1.45. The maximum absolute atomic E-state index is 13.5. The third-order valence-corrected chi connectivity index (χ3v) is 7.47. The van der Waals surface area contributed by atoms with Crippen molar-refractivity contribution < 1.29 is 39.0 Å². The number of hydrogen-bond acceptors (Lipinski definition) is 7. The van der Waals surface area contributed by atoms with Gasteiger partial charge in [0.2, 0.25) is 0 Å². The van der Waals surface area contributed by atoms with Gasteiger partial charge in [0, 0.05) is 17.5 Å². The summed E-state index contributed by atoms with van der Waals surface area (Å²) in [7, 11) is 0. The van der Waals surface area contributed by atoms with Crippen molar-refractivity contribution in [2.45, 2.75) is 55.9 Å². The molecule has 3 aromatic rings. The predicted molar refractivity (Wildman–Crippen MR) is 138 cm³/mol. The van der Waals surface area contributed by atoms with Crippen LogP contribution >= 0.6 is 11.6 Å². The molecule has 2 heterocycles. The molecule has 0 aliphatic carbocycles. The van der Waals surface area contributed by atoms with Crippen LogP contribution in [0.1, 0.15) is 35.3 Å². The molecule has 3 aromatic carbocycles. The molecule has 1 saturated heterocycles. The van der Waals surface area contributed by atoms with Crippen LogP contribution in [0.25, 0.3) is 0 Å². The summed E-state index contributed by atoms with van der Waals surface area (Å²) in [5.41, 5.74) is 2.69. The highest BCUT2D eigenvalue weighted by Crippen LogP contribution is 2.37. The van der Waals surface area contributed by atoms with E-state index in [2.05, 4.69) is 0 Å². The quantitative estimate of drug-likeness (QED) is 0.361. The van der Waals surface area contributed by atoms with Gasteiger partial charge >= 0.3 is 0 Å². The second-order valence-electron chi connectivity index (χ2n) is 10.2. The van der Waals surface area contributed by atoms with Crippen molar-refractivity contribution in [3.05, 3.63) is 93.8 Å². The van der Waals surface area contributed by atoms with Crippen LogP contribution in [0.2, 0.25) is 5.02 Å². The second-order valence-corrected chi connectivity index (χ2v) is 10.6. The van der Waals surface area contributed by atoms with Crippen LogP contribution < -0.4 is 9.47 Å². The molecule has 0 aromatic heterocycles. The smallest absolute Gasteiger partial charge is 0.144 e. The fraction of sp³-hybridized carbons (Fsp3) is 0.379. The number of benzene rings is 3. The number of aliphatic hydroxyl groups excluding tert-OH is 4. The highest BCUT2D eigenvalue weighted by Gasteiger charge is 2.44. The standard InChI is InChI=1S/C29H30ClFO7/c1-29(13-18-4-6-20(31)12-23(18)38-29)15-36-21-7-2-16(3-8-21)10-19-11-17(5-9-22(19)30)28-27(35)26(34)25(33)24(14-32)37-28/h2-9,11-12,24-28,32-35H,10,13-15H2,1H3/t24-,25-,26+,27-,28+,29?/m1/s1. The summed E-state index contributed by atoms with van der Waals surface area (Å²) in [4.78, 5) is 0. The van der Waals surface area contributed by atoms with Gasteiger partial charge in [0.1, 0.15) is 60.0 Å². The minimum Gasteiger partial charge on any atom is -0.489 e. The Morgan fingerprint density at radius 3 is 2.50 bits per heavy atom. The first-order valence-electron chi connectivity index (χ1n) is 12.4. The van der Waals surface area contributed by atoms with E-state index in [9.17, 15) is 24.8 Å². The molecule has 1 unspecified atom stereocenters. The number of aliphatic hydroxyl groups is 4. The van der Waals surface area contributed by atoms with Gasteiger partial charge in [0.15, 0.2) is 0 Å². The van der Waals surface area contributed by atoms with Crippen LogP contribution in [0.5, 0.6) is 11.5 Å². The summed E-state index contributed by atoms with van der Waals surface area (Å²) in [5, 5.41) is 40.7. The Labute approximate surface area is 225 Å². The summed E-state index contributed by atoms with van der Waals surface area (Å²) < 4.78 is 31.1. The SMILES string of the molecule is CC1(COc2ccc(Cc3cc([C@@H]4O[C@H](CO)[C@@H](O)[C@H](O)[C@H]4O)ccc3Cl)cc2)Cc2ccc(F)cc2O1. The van der Waals surface area contributed by atoms with Gasteiger partial charge < -0.3 is 34.6 Å². The van der Waals surface area contributed by atoms with E-state index in [4.69, 9.17) is 25.8 Å². The molecule has 38 heavy (non-hydrogen) atoms. The van der Waals surface area contributed by atoms with Crippen molar-refractivity contribution in [2.75, 3.05) is 13.2 Å². The number of hydrogen-bond donors (Lipinski definition) is 4. The summed E-state index contributed by atoms with van der Waals surface area (Å²) in [6.45, 7) is 1.74. The molecule has 0 amide bonds. The van der Waals surface area contributed by atoms with E-state index in [1.165, 1.54) is 12.1 Å². The topological polar surface area (TPSA) is 109 Å². The Balaban J connectivity index is 1.23. The van der Waals surface area contributed by atoms with Crippen LogP contribution in [-0.2, 0) is 17.6 Å². The van der Waals surface area contributed by atoms with E-state index in [1.807, 2.05) is 31.2 Å². The van der Waals surface area contributed by atoms with E-state index < -0.39 is 42.7 Å². The van der Waals surface area contributed by atoms with Crippen molar-refractivity contribution in [2.24, 2.45) is 0 Å². The first-order chi connectivity index (χ1) is 18.2. The molecule has 202 valence electrons. The molecule has 1 fully saturated rings. The van der Waals surface area contributed by atoms with Crippen molar-refractivity contribution in [3.63, 3.8) is 0 Å². The van der Waals surface area contributed by atoms with Gasteiger partial charge in [-0.15, -0.1) is 0 Å². The zero-order valence-corrected chi connectivity index (χ0v) is 21.5.